The molecule has 0 saturated heterocycles. The zero-order valence-corrected chi connectivity index (χ0v) is 11.8. The molecule has 3 N–H and O–H groups in total. The molecule has 18 heavy (non-hydrogen) atoms. The van der Waals surface area contributed by atoms with E-state index in [1.807, 2.05) is 48.5 Å². The number of nitrogens with two attached hydrogens (primary N) is 1. The number of nitrogens with one attached hydrogen (secondary N) is 1. The van der Waals surface area contributed by atoms with E-state index in [0.29, 0.717) is 12.1 Å². The van der Waals surface area contributed by atoms with E-state index in [1.165, 1.54) is 0 Å². The largest absolute Gasteiger partial charge is 0.326 e. The zero-order valence-electron chi connectivity index (χ0n) is 9.69. The number of hydrogen-bond acceptors (Lipinski definition) is 2. The van der Waals surface area contributed by atoms with Gasteiger partial charge in [-0.25, -0.2) is 0 Å². The summed E-state index contributed by atoms with van der Waals surface area (Å²) in [5, 5.41) is 2.87. The van der Waals surface area contributed by atoms with Gasteiger partial charge in [-0.1, -0.05) is 24.3 Å². The maximum absolute atomic E-state index is 12.1. The summed E-state index contributed by atoms with van der Waals surface area (Å²) in [6.07, 6.45) is 0. The summed E-state index contributed by atoms with van der Waals surface area (Å²) in [4.78, 5) is 12.1. The van der Waals surface area contributed by atoms with Crippen molar-refractivity contribution in [3.05, 3.63) is 63.2 Å². The van der Waals surface area contributed by atoms with Crippen LogP contribution < -0.4 is 11.1 Å². The van der Waals surface area contributed by atoms with E-state index >= 15 is 0 Å². The SMILES string of the molecule is NCc1cccc(NC(=O)c2ccccc2I)c1. The third-order valence-corrected chi connectivity index (χ3v) is 3.48. The van der Waals surface area contributed by atoms with Crippen molar-refractivity contribution in [1.82, 2.24) is 0 Å². The Bertz CT molecular complexity index is 569. The molecule has 0 unspecified atom stereocenters. The van der Waals surface area contributed by atoms with Crippen molar-refractivity contribution in [3.8, 4) is 0 Å². The van der Waals surface area contributed by atoms with Crippen molar-refractivity contribution in [2.24, 2.45) is 5.73 Å². The first-order valence-corrected chi connectivity index (χ1v) is 6.63. The third kappa shape index (κ3) is 3.08. The minimum Gasteiger partial charge on any atom is -0.326 e. The molecule has 0 bridgehead atoms. The summed E-state index contributed by atoms with van der Waals surface area (Å²) in [6.45, 7) is 0.465. The Morgan fingerprint density at radius 3 is 2.67 bits per heavy atom. The Morgan fingerprint density at radius 1 is 1.17 bits per heavy atom. The van der Waals surface area contributed by atoms with E-state index < -0.39 is 0 Å². The lowest BCUT2D eigenvalue weighted by Crippen LogP contribution is -2.13. The fraction of sp³-hybridized carbons (Fsp3) is 0.0714. The van der Waals surface area contributed by atoms with Gasteiger partial charge in [-0.2, -0.15) is 0 Å². The van der Waals surface area contributed by atoms with Crippen LogP contribution in [0, 0.1) is 3.57 Å². The Labute approximate surface area is 120 Å². The average Bonchev–Trinajstić information content (AvgIpc) is 2.39. The summed E-state index contributed by atoms with van der Waals surface area (Å²) in [5.41, 5.74) is 8.01. The van der Waals surface area contributed by atoms with Crippen molar-refractivity contribution in [1.29, 1.82) is 0 Å². The number of hydrogen-bond donors (Lipinski definition) is 2. The molecule has 0 fully saturated rings. The quantitative estimate of drug-likeness (QED) is 0.835. The molecule has 2 aromatic carbocycles. The van der Waals surface area contributed by atoms with E-state index in [-0.39, 0.29) is 5.91 Å². The highest BCUT2D eigenvalue weighted by molar-refractivity contribution is 14.1. The Balaban J connectivity index is 2.19. The highest BCUT2D eigenvalue weighted by atomic mass is 127. The van der Waals surface area contributed by atoms with Gasteiger partial charge in [0.05, 0.1) is 5.56 Å². The second-order valence-electron chi connectivity index (χ2n) is 3.84. The molecule has 0 aliphatic heterocycles. The molecule has 0 radical (unpaired) electrons. The predicted molar refractivity (Wildman–Crippen MR) is 81.4 cm³/mol. The first-order chi connectivity index (χ1) is 8.70. The summed E-state index contributed by atoms with van der Waals surface area (Å²) in [5.74, 6) is -0.103. The molecule has 0 aromatic heterocycles. The van der Waals surface area contributed by atoms with Gasteiger partial charge in [-0.3, -0.25) is 4.79 Å². The van der Waals surface area contributed by atoms with Gasteiger partial charge < -0.3 is 11.1 Å². The zero-order chi connectivity index (χ0) is 13.0. The molecule has 0 aliphatic rings. The lowest BCUT2D eigenvalue weighted by atomic mass is 10.2. The molecule has 1 amide bonds. The van der Waals surface area contributed by atoms with E-state index in [1.54, 1.807) is 0 Å². The van der Waals surface area contributed by atoms with Crippen LogP contribution in [0.2, 0.25) is 0 Å². The first kappa shape index (κ1) is 13.0. The van der Waals surface area contributed by atoms with Crippen LogP contribution in [0.15, 0.2) is 48.5 Å². The second-order valence-corrected chi connectivity index (χ2v) is 5.00. The molecule has 3 nitrogen and oxygen atoms in total. The molecule has 0 atom stereocenters. The van der Waals surface area contributed by atoms with Crippen LogP contribution in [0.5, 0.6) is 0 Å². The summed E-state index contributed by atoms with van der Waals surface area (Å²) >= 11 is 2.15. The minimum atomic E-state index is -0.103. The third-order valence-electron chi connectivity index (χ3n) is 2.54. The summed E-state index contributed by atoms with van der Waals surface area (Å²) in [6, 6.07) is 15.0. The Morgan fingerprint density at radius 2 is 1.94 bits per heavy atom. The van der Waals surface area contributed by atoms with E-state index in [9.17, 15) is 4.79 Å². The standard InChI is InChI=1S/C14H13IN2O/c15-13-7-2-1-6-12(13)14(18)17-11-5-3-4-10(8-11)9-16/h1-8H,9,16H2,(H,17,18). The summed E-state index contributed by atoms with van der Waals surface area (Å²) < 4.78 is 0.933. The Kier molecular flexibility index (Phi) is 4.33. The second kappa shape index (κ2) is 5.97. The average molecular weight is 352 g/mol. The van der Waals surface area contributed by atoms with Crippen LogP contribution in [0.25, 0.3) is 0 Å². The monoisotopic (exact) mass is 352 g/mol. The molecule has 0 saturated carbocycles. The number of rotatable bonds is 3. The van der Waals surface area contributed by atoms with Gasteiger partial charge in [0.25, 0.3) is 5.91 Å². The Hall–Kier alpha value is -1.40. The fourth-order valence-electron chi connectivity index (χ4n) is 1.62. The van der Waals surface area contributed by atoms with Crippen molar-refractivity contribution in [2.75, 3.05) is 5.32 Å². The van der Waals surface area contributed by atoms with Crippen LogP contribution in [-0.4, -0.2) is 5.91 Å². The number of amides is 1. The van der Waals surface area contributed by atoms with E-state index in [0.717, 1.165) is 14.8 Å². The number of benzene rings is 2. The number of carbonyl (C=O) groups excluding carboxylic acids is 1. The molecule has 2 rings (SSSR count). The normalized spacial score (nSPS) is 10.1. The molecular weight excluding hydrogens is 339 g/mol. The van der Waals surface area contributed by atoms with Gasteiger partial charge in [-0.15, -0.1) is 0 Å². The topological polar surface area (TPSA) is 55.1 Å². The molecule has 0 heterocycles. The maximum Gasteiger partial charge on any atom is 0.256 e. The van der Waals surface area contributed by atoms with Crippen molar-refractivity contribution < 1.29 is 4.79 Å². The number of carbonyl (C=O) groups is 1. The highest BCUT2D eigenvalue weighted by Gasteiger charge is 2.09. The molecule has 2 aromatic rings. The van der Waals surface area contributed by atoms with Crippen LogP contribution in [0.4, 0.5) is 5.69 Å². The predicted octanol–water partition coefficient (Wildman–Crippen LogP) is 3.00. The fourth-order valence-corrected chi connectivity index (χ4v) is 2.25. The molecule has 4 heteroatoms. The lowest BCUT2D eigenvalue weighted by Gasteiger charge is -2.07. The van der Waals surface area contributed by atoms with Gasteiger partial charge in [0.1, 0.15) is 0 Å². The highest BCUT2D eigenvalue weighted by Crippen LogP contribution is 2.15. The van der Waals surface area contributed by atoms with Crippen LogP contribution >= 0.6 is 22.6 Å². The molecule has 0 aliphatic carbocycles. The van der Waals surface area contributed by atoms with Gasteiger partial charge in [0.15, 0.2) is 0 Å². The molecule has 0 spiro atoms. The van der Waals surface area contributed by atoms with Crippen LogP contribution in [0.3, 0.4) is 0 Å². The van der Waals surface area contributed by atoms with Gasteiger partial charge in [0.2, 0.25) is 0 Å². The van der Waals surface area contributed by atoms with E-state index in [2.05, 4.69) is 27.9 Å². The lowest BCUT2D eigenvalue weighted by molar-refractivity contribution is 0.102. The number of halogens is 1. The van der Waals surface area contributed by atoms with Crippen LogP contribution in [-0.2, 0) is 6.54 Å². The van der Waals surface area contributed by atoms with E-state index in [4.69, 9.17) is 5.73 Å². The summed E-state index contributed by atoms with van der Waals surface area (Å²) in [7, 11) is 0. The van der Waals surface area contributed by atoms with Crippen molar-refractivity contribution >= 4 is 34.2 Å². The van der Waals surface area contributed by atoms with Crippen molar-refractivity contribution in [3.63, 3.8) is 0 Å². The van der Waals surface area contributed by atoms with Gasteiger partial charge >= 0.3 is 0 Å². The smallest absolute Gasteiger partial charge is 0.256 e. The van der Waals surface area contributed by atoms with Gasteiger partial charge in [-0.05, 0) is 52.4 Å². The number of anilines is 1. The van der Waals surface area contributed by atoms with Gasteiger partial charge in [0, 0.05) is 15.8 Å². The van der Waals surface area contributed by atoms with Crippen LogP contribution in [0.1, 0.15) is 15.9 Å². The maximum atomic E-state index is 12.1. The van der Waals surface area contributed by atoms with Crippen molar-refractivity contribution in [2.45, 2.75) is 6.54 Å². The molecular formula is C14H13IN2O. The minimum absolute atomic E-state index is 0.103. The molecule has 92 valence electrons. The first-order valence-electron chi connectivity index (χ1n) is 5.55.